The van der Waals surface area contributed by atoms with Crippen LogP contribution in [0, 0.1) is 28.7 Å². The summed E-state index contributed by atoms with van der Waals surface area (Å²) in [5, 5.41) is 10.7. The maximum Gasteiger partial charge on any atom is 0.236 e. The van der Waals surface area contributed by atoms with Crippen molar-refractivity contribution in [2.24, 2.45) is 23.0 Å². The van der Waals surface area contributed by atoms with Crippen molar-refractivity contribution in [3.05, 3.63) is 0 Å². The van der Waals surface area contributed by atoms with E-state index >= 15 is 0 Å². The van der Waals surface area contributed by atoms with E-state index in [-0.39, 0.29) is 23.3 Å². The number of amides is 1. The van der Waals surface area contributed by atoms with E-state index in [2.05, 4.69) is 26.1 Å². The summed E-state index contributed by atoms with van der Waals surface area (Å²) in [6.45, 7) is 6.19. The molecule has 1 rings (SSSR count). The highest BCUT2D eigenvalue weighted by atomic mass is 16.1. The molecule has 0 radical (unpaired) electrons. The zero-order valence-electron chi connectivity index (χ0n) is 9.58. The summed E-state index contributed by atoms with van der Waals surface area (Å²) < 4.78 is 0. The lowest BCUT2D eigenvalue weighted by Gasteiger charge is -2.45. The highest BCUT2D eigenvalue weighted by Gasteiger charge is 2.44. The van der Waals surface area contributed by atoms with Gasteiger partial charge in [-0.1, -0.05) is 20.8 Å². The van der Waals surface area contributed by atoms with Crippen LogP contribution in [-0.2, 0) is 4.79 Å². The summed E-state index contributed by atoms with van der Waals surface area (Å²) in [7, 11) is 0. The maximum atomic E-state index is 11.7. The standard InChI is InChI=1S/C11H19N3O/c1-7-9(13)5-4-8(11(7,2)3)10(15)14-6-12/h7-9H,4-5,13H2,1-3H3,(H,14,15). The van der Waals surface area contributed by atoms with E-state index in [1.54, 1.807) is 6.19 Å². The van der Waals surface area contributed by atoms with Crippen molar-refractivity contribution >= 4 is 5.91 Å². The van der Waals surface area contributed by atoms with Crippen molar-refractivity contribution in [2.75, 3.05) is 0 Å². The van der Waals surface area contributed by atoms with Gasteiger partial charge in [-0.05, 0) is 24.2 Å². The molecule has 1 saturated carbocycles. The first-order valence-electron chi connectivity index (χ1n) is 5.35. The van der Waals surface area contributed by atoms with Gasteiger partial charge in [0.1, 0.15) is 0 Å². The molecule has 1 aliphatic carbocycles. The fourth-order valence-corrected chi connectivity index (χ4v) is 2.46. The molecule has 4 heteroatoms. The Morgan fingerprint density at radius 1 is 1.53 bits per heavy atom. The van der Waals surface area contributed by atoms with Gasteiger partial charge in [-0.2, -0.15) is 5.26 Å². The van der Waals surface area contributed by atoms with Crippen molar-refractivity contribution in [1.82, 2.24) is 5.32 Å². The topological polar surface area (TPSA) is 78.9 Å². The second-order valence-electron chi connectivity index (χ2n) is 5.00. The smallest absolute Gasteiger partial charge is 0.236 e. The second-order valence-corrected chi connectivity index (χ2v) is 5.00. The Labute approximate surface area is 90.8 Å². The Bertz CT molecular complexity index is 293. The van der Waals surface area contributed by atoms with Crippen LogP contribution in [0.4, 0.5) is 0 Å². The van der Waals surface area contributed by atoms with E-state index in [4.69, 9.17) is 11.0 Å². The molecule has 0 aliphatic heterocycles. The van der Waals surface area contributed by atoms with E-state index in [1.165, 1.54) is 0 Å². The van der Waals surface area contributed by atoms with Crippen LogP contribution in [0.2, 0.25) is 0 Å². The first-order valence-corrected chi connectivity index (χ1v) is 5.35. The van der Waals surface area contributed by atoms with Gasteiger partial charge in [0, 0.05) is 12.0 Å². The largest absolute Gasteiger partial charge is 0.327 e. The average Bonchev–Trinajstić information content (AvgIpc) is 2.14. The number of hydrogen-bond acceptors (Lipinski definition) is 3. The van der Waals surface area contributed by atoms with Gasteiger partial charge in [-0.25, -0.2) is 0 Å². The molecule has 1 fully saturated rings. The third kappa shape index (κ3) is 2.13. The van der Waals surface area contributed by atoms with Crippen LogP contribution < -0.4 is 11.1 Å². The van der Waals surface area contributed by atoms with Crippen LogP contribution in [0.3, 0.4) is 0 Å². The molecule has 84 valence electrons. The number of rotatable bonds is 1. The zero-order chi connectivity index (χ0) is 11.6. The van der Waals surface area contributed by atoms with E-state index < -0.39 is 0 Å². The molecule has 0 heterocycles. The fourth-order valence-electron chi connectivity index (χ4n) is 2.46. The molecule has 1 amide bonds. The van der Waals surface area contributed by atoms with E-state index in [9.17, 15) is 4.79 Å². The highest BCUT2D eigenvalue weighted by molar-refractivity contribution is 5.80. The minimum atomic E-state index is -0.166. The van der Waals surface area contributed by atoms with Crippen LogP contribution in [0.25, 0.3) is 0 Å². The van der Waals surface area contributed by atoms with Gasteiger partial charge in [0.05, 0.1) is 0 Å². The fraction of sp³-hybridized carbons (Fsp3) is 0.818. The molecule has 0 aromatic rings. The Hall–Kier alpha value is -1.08. The van der Waals surface area contributed by atoms with E-state index in [0.717, 1.165) is 12.8 Å². The summed E-state index contributed by atoms with van der Waals surface area (Å²) in [4.78, 5) is 11.7. The van der Waals surface area contributed by atoms with Gasteiger partial charge in [-0.15, -0.1) is 0 Å². The van der Waals surface area contributed by atoms with Crippen molar-refractivity contribution in [3.63, 3.8) is 0 Å². The van der Waals surface area contributed by atoms with Crippen LogP contribution in [-0.4, -0.2) is 11.9 Å². The van der Waals surface area contributed by atoms with Gasteiger partial charge in [0.15, 0.2) is 6.19 Å². The summed E-state index contributed by atoms with van der Waals surface area (Å²) >= 11 is 0. The van der Waals surface area contributed by atoms with Gasteiger partial charge >= 0.3 is 0 Å². The summed E-state index contributed by atoms with van der Waals surface area (Å²) in [6, 6.07) is 0.158. The molecule has 0 aromatic heterocycles. The Morgan fingerprint density at radius 3 is 2.67 bits per heavy atom. The Morgan fingerprint density at radius 2 is 2.13 bits per heavy atom. The molecular formula is C11H19N3O. The van der Waals surface area contributed by atoms with Crippen LogP contribution in [0.1, 0.15) is 33.6 Å². The molecule has 3 N–H and O–H groups in total. The molecule has 3 unspecified atom stereocenters. The maximum absolute atomic E-state index is 11.7. The summed E-state index contributed by atoms with van der Waals surface area (Å²) in [6.07, 6.45) is 3.32. The van der Waals surface area contributed by atoms with Gasteiger partial charge in [0.25, 0.3) is 0 Å². The van der Waals surface area contributed by atoms with Crippen LogP contribution in [0.15, 0.2) is 0 Å². The number of nitrogens with one attached hydrogen (secondary N) is 1. The summed E-state index contributed by atoms with van der Waals surface area (Å²) in [5.74, 6) is 0.0221. The molecule has 1 aliphatic rings. The molecule has 0 bridgehead atoms. The van der Waals surface area contributed by atoms with Crippen molar-refractivity contribution in [1.29, 1.82) is 5.26 Å². The zero-order valence-corrected chi connectivity index (χ0v) is 9.58. The number of nitrogens with two attached hydrogens (primary N) is 1. The molecule has 15 heavy (non-hydrogen) atoms. The van der Waals surface area contributed by atoms with E-state index in [1.807, 2.05) is 0 Å². The Kier molecular flexibility index (Phi) is 3.35. The molecule has 3 atom stereocenters. The highest BCUT2D eigenvalue weighted by Crippen LogP contribution is 2.44. The van der Waals surface area contributed by atoms with Crippen molar-refractivity contribution in [3.8, 4) is 6.19 Å². The van der Waals surface area contributed by atoms with Gasteiger partial charge in [-0.3, -0.25) is 10.1 Å². The predicted molar refractivity (Wildman–Crippen MR) is 57.4 cm³/mol. The quantitative estimate of drug-likeness (QED) is 0.499. The number of carbonyl (C=O) groups is 1. The number of carbonyl (C=O) groups excluding carboxylic acids is 1. The predicted octanol–water partition coefficient (Wildman–Crippen LogP) is 0.983. The molecular weight excluding hydrogens is 190 g/mol. The first kappa shape index (κ1) is 12.0. The first-order chi connectivity index (χ1) is 6.91. The minimum absolute atomic E-state index is 0.105. The van der Waals surface area contributed by atoms with Crippen LogP contribution in [0.5, 0.6) is 0 Å². The normalized spacial score (nSPS) is 34.2. The lowest BCUT2D eigenvalue weighted by molar-refractivity contribution is -0.131. The molecule has 0 saturated heterocycles. The lowest BCUT2D eigenvalue weighted by atomic mass is 9.61. The van der Waals surface area contributed by atoms with Crippen LogP contribution >= 0.6 is 0 Å². The number of nitriles is 1. The van der Waals surface area contributed by atoms with Gasteiger partial charge in [0.2, 0.25) is 5.91 Å². The van der Waals surface area contributed by atoms with Gasteiger partial charge < -0.3 is 5.73 Å². The lowest BCUT2D eigenvalue weighted by Crippen LogP contribution is -2.51. The van der Waals surface area contributed by atoms with Crippen molar-refractivity contribution < 1.29 is 4.79 Å². The molecule has 0 spiro atoms. The van der Waals surface area contributed by atoms with E-state index in [0.29, 0.717) is 5.92 Å². The minimum Gasteiger partial charge on any atom is -0.327 e. The Balaban J connectivity index is 2.83. The second kappa shape index (κ2) is 4.19. The number of hydrogen-bond donors (Lipinski definition) is 2. The summed E-state index contributed by atoms with van der Waals surface area (Å²) in [5.41, 5.74) is 5.85. The molecule has 4 nitrogen and oxygen atoms in total. The number of nitrogens with zero attached hydrogens (tertiary/aromatic N) is 1. The van der Waals surface area contributed by atoms with Crippen molar-refractivity contribution in [2.45, 2.75) is 39.7 Å². The average molecular weight is 209 g/mol. The monoisotopic (exact) mass is 209 g/mol. The SMILES string of the molecule is CC1C(N)CCC(C(=O)NC#N)C1(C)C. The third-order valence-corrected chi connectivity index (χ3v) is 4.00. The third-order valence-electron chi connectivity index (χ3n) is 4.00. The molecule has 0 aromatic carbocycles.